The molecule has 0 radical (unpaired) electrons. The Bertz CT molecular complexity index is 1420. The van der Waals surface area contributed by atoms with E-state index in [1.54, 1.807) is 19.1 Å². The molecular weight excluding hydrogens is 604 g/mol. The summed E-state index contributed by atoms with van der Waals surface area (Å²) in [6.45, 7) is 1.43. The number of carbonyl (C=O) groups is 2. The Labute approximate surface area is 248 Å². The highest BCUT2D eigenvalue weighted by molar-refractivity contribution is 7.92. The summed E-state index contributed by atoms with van der Waals surface area (Å²) < 4.78 is 26.5. The van der Waals surface area contributed by atoms with Gasteiger partial charge in [0.25, 0.3) is 0 Å². The molecule has 39 heavy (non-hydrogen) atoms. The minimum absolute atomic E-state index is 0.0720. The van der Waals surface area contributed by atoms with Crippen molar-refractivity contribution in [2.75, 3.05) is 23.7 Å². The Kier molecular flexibility index (Phi) is 10.9. The van der Waals surface area contributed by atoms with Crippen molar-refractivity contribution in [1.82, 2.24) is 10.2 Å². The van der Waals surface area contributed by atoms with E-state index in [1.165, 1.54) is 29.2 Å². The van der Waals surface area contributed by atoms with E-state index in [9.17, 15) is 18.0 Å². The van der Waals surface area contributed by atoms with Gasteiger partial charge in [-0.05, 0) is 48.4 Å². The number of nitrogens with zero attached hydrogens (tertiary/aromatic N) is 2. The smallest absolute Gasteiger partial charge is 0.244 e. The predicted octanol–water partition coefficient (Wildman–Crippen LogP) is 5.84. The molecule has 7 nitrogen and oxygen atoms in total. The maximum Gasteiger partial charge on any atom is 0.244 e. The summed E-state index contributed by atoms with van der Waals surface area (Å²) in [4.78, 5) is 28.6. The number of hydrogen-bond donors (Lipinski definition) is 1. The SMILES string of the molecule is CCNC(=O)C(Cc1ccccc1)N(Cc1ccc(Cl)cc1Cl)C(=O)CN(c1cc(Cl)cc(Cl)c1)S(C)(=O)=O. The van der Waals surface area contributed by atoms with Crippen LogP contribution in [0.3, 0.4) is 0 Å². The molecule has 1 N–H and O–H groups in total. The van der Waals surface area contributed by atoms with Crippen molar-refractivity contribution >= 4 is 73.9 Å². The van der Waals surface area contributed by atoms with Gasteiger partial charge >= 0.3 is 0 Å². The molecule has 0 aromatic heterocycles. The van der Waals surface area contributed by atoms with E-state index in [-0.39, 0.29) is 28.7 Å². The molecule has 3 aromatic carbocycles. The summed E-state index contributed by atoms with van der Waals surface area (Å²) in [5, 5.41) is 3.90. The third kappa shape index (κ3) is 8.75. The molecule has 0 heterocycles. The van der Waals surface area contributed by atoms with Crippen LogP contribution in [0.4, 0.5) is 5.69 Å². The lowest BCUT2D eigenvalue weighted by Crippen LogP contribution is -2.53. The van der Waals surface area contributed by atoms with Crippen molar-refractivity contribution in [2.24, 2.45) is 0 Å². The lowest BCUT2D eigenvalue weighted by atomic mass is 10.0. The molecule has 0 aliphatic rings. The van der Waals surface area contributed by atoms with Crippen molar-refractivity contribution < 1.29 is 18.0 Å². The normalized spacial score (nSPS) is 12.1. The van der Waals surface area contributed by atoms with E-state index in [1.807, 2.05) is 30.3 Å². The number of halogens is 4. The van der Waals surface area contributed by atoms with Crippen LogP contribution in [0, 0.1) is 0 Å². The third-order valence-corrected chi connectivity index (χ3v) is 7.96. The number of anilines is 1. The number of benzene rings is 3. The zero-order valence-electron chi connectivity index (χ0n) is 21.2. The first kappa shape index (κ1) is 31.0. The minimum atomic E-state index is -3.96. The zero-order chi connectivity index (χ0) is 28.7. The average molecular weight is 631 g/mol. The second-order valence-electron chi connectivity index (χ2n) is 8.75. The van der Waals surface area contributed by atoms with E-state index < -0.39 is 34.4 Å². The van der Waals surface area contributed by atoms with Crippen LogP contribution >= 0.6 is 46.4 Å². The molecule has 1 atom stereocenters. The van der Waals surface area contributed by atoms with Crippen molar-refractivity contribution in [3.05, 3.63) is 97.9 Å². The molecule has 0 spiro atoms. The first-order valence-electron chi connectivity index (χ1n) is 11.9. The molecule has 0 bridgehead atoms. The number of hydrogen-bond acceptors (Lipinski definition) is 4. The maximum atomic E-state index is 14.0. The summed E-state index contributed by atoms with van der Waals surface area (Å²) in [5.74, 6) is -1.02. The Hall–Kier alpha value is -2.49. The van der Waals surface area contributed by atoms with Gasteiger partial charge in [0.1, 0.15) is 12.6 Å². The van der Waals surface area contributed by atoms with Crippen LogP contribution in [0.5, 0.6) is 0 Å². The van der Waals surface area contributed by atoms with E-state index in [0.717, 1.165) is 16.1 Å². The summed E-state index contributed by atoms with van der Waals surface area (Å²) in [6.07, 6.45) is 1.16. The molecule has 12 heteroatoms. The Balaban J connectivity index is 2.08. The molecule has 208 valence electrons. The summed E-state index contributed by atoms with van der Waals surface area (Å²) in [7, 11) is -3.96. The quantitative estimate of drug-likeness (QED) is 0.288. The van der Waals surface area contributed by atoms with Crippen molar-refractivity contribution in [3.63, 3.8) is 0 Å². The van der Waals surface area contributed by atoms with Gasteiger partial charge in [-0.1, -0.05) is 82.8 Å². The number of rotatable bonds is 11. The van der Waals surface area contributed by atoms with Gasteiger partial charge in [-0.2, -0.15) is 0 Å². The van der Waals surface area contributed by atoms with Crippen LogP contribution in [0.25, 0.3) is 0 Å². The van der Waals surface area contributed by atoms with Crippen molar-refractivity contribution in [2.45, 2.75) is 25.9 Å². The van der Waals surface area contributed by atoms with E-state index in [0.29, 0.717) is 22.2 Å². The molecule has 0 fully saturated rings. The third-order valence-electron chi connectivity index (χ3n) is 5.79. The van der Waals surface area contributed by atoms with Gasteiger partial charge < -0.3 is 10.2 Å². The number of carbonyl (C=O) groups excluding carboxylic acids is 2. The van der Waals surface area contributed by atoms with Crippen LogP contribution in [-0.2, 0) is 32.6 Å². The lowest BCUT2D eigenvalue weighted by Gasteiger charge is -2.33. The molecule has 0 aliphatic carbocycles. The van der Waals surface area contributed by atoms with Crippen LogP contribution in [0.1, 0.15) is 18.1 Å². The first-order chi connectivity index (χ1) is 18.4. The summed E-state index contributed by atoms with van der Waals surface area (Å²) >= 11 is 24.7. The lowest BCUT2D eigenvalue weighted by molar-refractivity contribution is -0.140. The largest absolute Gasteiger partial charge is 0.355 e. The second-order valence-corrected chi connectivity index (χ2v) is 12.4. The van der Waals surface area contributed by atoms with Gasteiger partial charge in [0, 0.05) is 39.6 Å². The fourth-order valence-electron chi connectivity index (χ4n) is 3.98. The highest BCUT2D eigenvalue weighted by atomic mass is 35.5. The Morgan fingerprint density at radius 2 is 1.54 bits per heavy atom. The monoisotopic (exact) mass is 629 g/mol. The zero-order valence-corrected chi connectivity index (χ0v) is 25.0. The number of sulfonamides is 1. The van der Waals surface area contributed by atoms with Crippen LogP contribution in [0.15, 0.2) is 66.7 Å². The number of amides is 2. The van der Waals surface area contributed by atoms with Gasteiger partial charge in [-0.3, -0.25) is 13.9 Å². The minimum Gasteiger partial charge on any atom is -0.355 e. The summed E-state index contributed by atoms with van der Waals surface area (Å²) in [6, 6.07) is 17.3. The number of nitrogens with one attached hydrogen (secondary N) is 1. The molecule has 3 aromatic rings. The highest BCUT2D eigenvalue weighted by Crippen LogP contribution is 2.28. The van der Waals surface area contributed by atoms with Crippen molar-refractivity contribution in [1.29, 1.82) is 0 Å². The van der Waals surface area contributed by atoms with E-state index >= 15 is 0 Å². The molecule has 1 unspecified atom stereocenters. The van der Waals surface area contributed by atoms with Crippen LogP contribution in [-0.4, -0.2) is 50.5 Å². The Morgan fingerprint density at radius 3 is 2.10 bits per heavy atom. The first-order valence-corrected chi connectivity index (χ1v) is 15.2. The van der Waals surface area contributed by atoms with Crippen LogP contribution < -0.4 is 9.62 Å². The maximum absolute atomic E-state index is 14.0. The molecule has 0 saturated heterocycles. The standard InChI is InChI=1S/C27H27Cl4N3O4S/c1-3-32-27(36)25(11-18-7-5-4-6-8-18)33(16-19-9-10-20(28)15-24(19)31)26(35)17-34(39(2,37)38)23-13-21(29)12-22(30)14-23/h4-10,12-15,25H,3,11,16-17H2,1-2H3,(H,32,36). The van der Waals surface area contributed by atoms with Gasteiger partial charge in [0.15, 0.2) is 0 Å². The molecule has 2 amide bonds. The van der Waals surface area contributed by atoms with E-state index in [2.05, 4.69) is 5.32 Å². The molecular formula is C27H27Cl4N3O4S. The van der Waals surface area contributed by atoms with Crippen LogP contribution in [0.2, 0.25) is 20.1 Å². The Morgan fingerprint density at radius 1 is 0.897 bits per heavy atom. The summed E-state index contributed by atoms with van der Waals surface area (Å²) in [5.41, 5.74) is 1.47. The predicted molar refractivity (Wildman–Crippen MR) is 158 cm³/mol. The van der Waals surface area contributed by atoms with Gasteiger partial charge in [-0.15, -0.1) is 0 Å². The van der Waals surface area contributed by atoms with Crippen molar-refractivity contribution in [3.8, 4) is 0 Å². The van der Waals surface area contributed by atoms with E-state index in [4.69, 9.17) is 46.4 Å². The molecule has 3 rings (SSSR count). The topological polar surface area (TPSA) is 86.8 Å². The fraction of sp³-hybridized carbons (Fsp3) is 0.259. The molecule has 0 aliphatic heterocycles. The number of likely N-dealkylation sites (N-methyl/N-ethyl adjacent to an activating group) is 1. The van der Waals surface area contributed by atoms with Gasteiger partial charge in [0.05, 0.1) is 11.9 Å². The fourth-order valence-corrected chi connectivity index (χ4v) is 5.79. The van der Waals surface area contributed by atoms with Gasteiger partial charge in [-0.25, -0.2) is 8.42 Å². The second kappa shape index (κ2) is 13.7. The molecule has 0 saturated carbocycles. The van der Waals surface area contributed by atoms with Gasteiger partial charge in [0.2, 0.25) is 21.8 Å². The average Bonchev–Trinajstić information content (AvgIpc) is 2.85. The highest BCUT2D eigenvalue weighted by Gasteiger charge is 2.33.